The van der Waals surface area contributed by atoms with E-state index in [2.05, 4.69) is 12.2 Å². The van der Waals surface area contributed by atoms with Gasteiger partial charge >= 0.3 is 5.97 Å². The van der Waals surface area contributed by atoms with Crippen molar-refractivity contribution in [3.63, 3.8) is 0 Å². The van der Waals surface area contributed by atoms with Gasteiger partial charge in [-0.1, -0.05) is 13.3 Å². The first kappa shape index (κ1) is 11.4. The van der Waals surface area contributed by atoms with Crippen molar-refractivity contribution in [3.8, 4) is 0 Å². The molecule has 0 aliphatic heterocycles. The number of rotatable bonds is 5. The SMILES string of the molecule is CCCCNc1cc(N)ccc1C(=O)O. The van der Waals surface area contributed by atoms with E-state index in [1.165, 1.54) is 6.07 Å². The van der Waals surface area contributed by atoms with Crippen molar-refractivity contribution in [2.75, 3.05) is 17.6 Å². The summed E-state index contributed by atoms with van der Waals surface area (Å²) >= 11 is 0. The molecule has 0 aliphatic carbocycles. The van der Waals surface area contributed by atoms with E-state index in [0.717, 1.165) is 19.4 Å². The van der Waals surface area contributed by atoms with Crippen LogP contribution in [0.25, 0.3) is 0 Å². The van der Waals surface area contributed by atoms with Crippen LogP contribution in [0.15, 0.2) is 18.2 Å². The summed E-state index contributed by atoms with van der Waals surface area (Å²) in [5, 5.41) is 12.0. The number of anilines is 2. The van der Waals surface area contributed by atoms with Crippen LogP contribution in [-0.2, 0) is 0 Å². The van der Waals surface area contributed by atoms with Crippen LogP contribution in [0.4, 0.5) is 11.4 Å². The number of hydrogen-bond donors (Lipinski definition) is 3. The number of nitrogen functional groups attached to an aromatic ring is 1. The van der Waals surface area contributed by atoms with Crippen molar-refractivity contribution in [1.29, 1.82) is 0 Å². The van der Waals surface area contributed by atoms with Crippen LogP contribution >= 0.6 is 0 Å². The Balaban J connectivity index is 2.82. The Hall–Kier alpha value is -1.71. The second-order valence-corrected chi connectivity index (χ2v) is 3.39. The van der Waals surface area contributed by atoms with Gasteiger partial charge in [-0.25, -0.2) is 4.79 Å². The summed E-state index contributed by atoms with van der Waals surface area (Å²) in [5.74, 6) is -0.936. The van der Waals surface area contributed by atoms with Crippen molar-refractivity contribution >= 4 is 17.3 Å². The Morgan fingerprint density at radius 2 is 2.27 bits per heavy atom. The third kappa shape index (κ3) is 3.16. The summed E-state index contributed by atoms with van der Waals surface area (Å²) < 4.78 is 0. The minimum Gasteiger partial charge on any atom is -0.478 e. The summed E-state index contributed by atoms with van der Waals surface area (Å²) in [5.41, 5.74) is 7.03. The first-order valence-corrected chi connectivity index (χ1v) is 5.02. The highest BCUT2D eigenvalue weighted by Crippen LogP contribution is 2.19. The van der Waals surface area contributed by atoms with Gasteiger partial charge in [-0.3, -0.25) is 0 Å². The lowest BCUT2D eigenvalue weighted by molar-refractivity contribution is 0.0698. The smallest absolute Gasteiger partial charge is 0.337 e. The Morgan fingerprint density at radius 1 is 1.53 bits per heavy atom. The Morgan fingerprint density at radius 3 is 2.87 bits per heavy atom. The molecule has 1 rings (SSSR count). The van der Waals surface area contributed by atoms with Gasteiger partial charge in [0, 0.05) is 12.2 Å². The van der Waals surface area contributed by atoms with Gasteiger partial charge in [0.1, 0.15) is 0 Å². The molecule has 0 atom stereocenters. The molecule has 1 aromatic rings. The van der Waals surface area contributed by atoms with Crippen LogP contribution in [0.5, 0.6) is 0 Å². The molecular formula is C11H16N2O2. The molecule has 0 heterocycles. The first-order valence-electron chi connectivity index (χ1n) is 5.02. The van der Waals surface area contributed by atoms with Crippen molar-refractivity contribution in [3.05, 3.63) is 23.8 Å². The van der Waals surface area contributed by atoms with Crippen LogP contribution in [0.2, 0.25) is 0 Å². The zero-order chi connectivity index (χ0) is 11.3. The Bertz CT molecular complexity index is 350. The number of aromatic carboxylic acids is 1. The number of unbranched alkanes of at least 4 members (excludes halogenated alkanes) is 1. The van der Waals surface area contributed by atoms with Crippen LogP contribution in [0, 0.1) is 0 Å². The Labute approximate surface area is 89.1 Å². The molecule has 0 amide bonds. The zero-order valence-electron chi connectivity index (χ0n) is 8.79. The fraction of sp³-hybridized carbons (Fsp3) is 0.364. The molecule has 1 aromatic carbocycles. The molecule has 0 unspecified atom stereocenters. The van der Waals surface area contributed by atoms with Gasteiger partial charge in [0.15, 0.2) is 0 Å². The molecule has 0 aliphatic rings. The Kier molecular flexibility index (Phi) is 3.97. The van der Waals surface area contributed by atoms with Gasteiger partial charge in [0.25, 0.3) is 0 Å². The van der Waals surface area contributed by atoms with Gasteiger partial charge in [-0.05, 0) is 24.6 Å². The van der Waals surface area contributed by atoms with Gasteiger partial charge in [-0.2, -0.15) is 0 Å². The van der Waals surface area contributed by atoms with Crippen LogP contribution in [0.1, 0.15) is 30.1 Å². The minimum absolute atomic E-state index is 0.264. The number of hydrogen-bond acceptors (Lipinski definition) is 3. The normalized spacial score (nSPS) is 9.93. The van der Waals surface area contributed by atoms with Gasteiger partial charge in [0.05, 0.1) is 11.3 Å². The summed E-state index contributed by atoms with van der Waals surface area (Å²) in [4.78, 5) is 10.9. The lowest BCUT2D eigenvalue weighted by Gasteiger charge is -2.09. The summed E-state index contributed by atoms with van der Waals surface area (Å²) in [7, 11) is 0. The number of benzene rings is 1. The lowest BCUT2D eigenvalue weighted by Crippen LogP contribution is -2.08. The summed E-state index contributed by atoms with van der Waals surface area (Å²) in [6.45, 7) is 2.85. The lowest BCUT2D eigenvalue weighted by atomic mass is 10.1. The molecule has 0 saturated heterocycles. The van der Waals surface area contributed by atoms with E-state index in [1.807, 2.05) is 0 Å². The number of carbonyl (C=O) groups is 1. The topological polar surface area (TPSA) is 75.3 Å². The monoisotopic (exact) mass is 208 g/mol. The maximum Gasteiger partial charge on any atom is 0.337 e. The third-order valence-corrected chi connectivity index (χ3v) is 2.12. The van der Waals surface area contributed by atoms with Crippen molar-refractivity contribution < 1.29 is 9.90 Å². The standard InChI is InChI=1S/C11H16N2O2/c1-2-3-6-13-10-7-8(12)4-5-9(10)11(14)15/h4-5,7,13H,2-3,6,12H2,1H3,(H,14,15). The van der Waals surface area contributed by atoms with Crippen LogP contribution < -0.4 is 11.1 Å². The molecule has 0 fully saturated rings. The number of carboxylic acids is 1. The quantitative estimate of drug-likeness (QED) is 0.512. The highest BCUT2D eigenvalue weighted by Gasteiger charge is 2.09. The predicted octanol–water partition coefficient (Wildman–Crippen LogP) is 2.18. The molecule has 4 N–H and O–H groups in total. The number of nitrogens with two attached hydrogens (primary N) is 1. The fourth-order valence-corrected chi connectivity index (χ4v) is 1.29. The fourth-order valence-electron chi connectivity index (χ4n) is 1.29. The maximum absolute atomic E-state index is 10.9. The predicted molar refractivity (Wildman–Crippen MR) is 61.2 cm³/mol. The molecule has 0 radical (unpaired) electrons. The van der Waals surface area contributed by atoms with Crippen molar-refractivity contribution in [2.45, 2.75) is 19.8 Å². The molecule has 0 bridgehead atoms. The second-order valence-electron chi connectivity index (χ2n) is 3.39. The van der Waals surface area contributed by atoms with E-state index < -0.39 is 5.97 Å². The largest absolute Gasteiger partial charge is 0.478 e. The van der Waals surface area contributed by atoms with E-state index in [4.69, 9.17) is 10.8 Å². The molecule has 15 heavy (non-hydrogen) atoms. The van der Waals surface area contributed by atoms with Gasteiger partial charge < -0.3 is 16.2 Å². The molecule has 4 heteroatoms. The summed E-state index contributed by atoms with van der Waals surface area (Å²) in [6.07, 6.45) is 2.07. The van der Waals surface area contributed by atoms with Crippen LogP contribution in [0.3, 0.4) is 0 Å². The average Bonchev–Trinajstić information content (AvgIpc) is 2.18. The highest BCUT2D eigenvalue weighted by atomic mass is 16.4. The first-order chi connectivity index (χ1) is 7.15. The highest BCUT2D eigenvalue weighted by molar-refractivity contribution is 5.95. The molecular weight excluding hydrogens is 192 g/mol. The molecule has 0 saturated carbocycles. The molecule has 0 spiro atoms. The molecule has 82 valence electrons. The molecule has 0 aromatic heterocycles. The zero-order valence-corrected chi connectivity index (χ0v) is 8.79. The minimum atomic E-state index is -0.936. The maximum atomic E-state index is 10.9. The molecule has 4 nitrogen and oxygen atoms in total. The van der Waals surface area contributed by atoms with Gasteiger partial charge in [0.2, 0.25) is 0 Å². The second kappa shape index (κ2) is 5.24. The van der Waals surface area contributed by atoms with Gasteiger partial charge in [-0.15, -0.1) is 0 Å². The van der Waals surface area contributed by atoms with E-state index in [1.54, 1.807) is 12.1 Å². The average molecular weight is 208 g/mol. The van der Waals surface area contributed by atoms with Crippen molar-refractivity contribution in [2.24, 2.45) is 0 Å². The van der Waals surface area contributed by atoms with Crippen molar-refractivity contribution in [1.82, 2.24) is 0 Å². The van der Waals surface area contributed by atoms with E-state index >= 15 is 0 Å². The van der Waals surface area contributed by atoms with E-state index in [0.29, 0.717) is 11.4 Å². The summed E-state index contributed by atoms with van der Waals surface area (Å²) in [6, 6.07) is 4.76. The van der Waals surface area contributed by atoms with E-state index in [9.17, 15) is 4.79 Å². The van der Waals surface area contributed by atoms with Crippen LogP contribution in [-0.4, -0.2) is 17.6 Å². The number of nitrogens with one attached hydrogen (secondary N) is 1. The number of carboxylic acid groups (broad SMARTS) is 1. The third-order valence-electron chi connectivity index (χ3n) is 2.12. The van der Waals surface area contributed by atoms with E-state index in [-0.39, 0.29) is 5.56 Å².